The highest BCUT2D eigenvalue weighted by Gasteiger charge is 2.47. The summed E-state index contributed by atoms with van der Waals surface area (Å²) in [5.41, 5.74) is 49.2. The summed E-state index contributed by atoms with van der Waals surface area (Å²) >= 11 is 0. The van der Waals surface area contributed by atoms with E-state index in [1.54, 1.807) is 21.3 Å². The summed E-state index contributed by atoms with van der Waals surface area (Å²) in [7, 11) is 4.88. The maximum Gasteiger partial charge on any atom is 0.173 e. The minimum atomic E-state index is -0.672. The lowest BCUT2D eigenvalue weighted by Gasteiger charge is -2.39. The molecular weight excluding hydrogens is 1420 g/mol. The van der Waals surface area contributed by atoms with Gasteiger partial charge in [-0.2, -0.15) is 0 Å². The largest absolute Gasteiger partial charge is 0.497 e. The van der Waals surface area contributed by atoms with Crippen molar-refractivity contribution in [3.63, 3.8) is 0 Å². The smallest absolute Gasteiger partial charge is 0.173 e. The Morgan fingerprint density at radius 2 is 0.793 bits per heavy atom. The van der Waals surface area contributed by atoms with E-state index in [0.717, 1.165) is 101 Å². The number of benzene rings is 3. The van der Waals surface area contributed by atoms with Crippen LogP contribution in [0.4, 0.5) is 0 Å². The fourth-order valence-electron chi connectivity index (χ4n) is 14.8. The molecule has 0 aromatic heterocycles. The minimum Gasteiger partial charge on any atom is -0.497 e. The number of unbranched alkanes of at least 4 members (excludes halogenated alkanes) is 1. The van der Waals surface area contributed by atoms with Crippen molar-refractivity contribution in [3.05, 3.63) is 89.5 Å². The fourth-order valence-corrected chi connectivity index (χ4v) is 14.8. The normalized spacial score (nSPS) is 22.3. The first-order chi connectivity index (χ1) is 52.2. The first kappa shape index (κ1) is 99.5. The third kappa shape index (κ3) is 32.2. The number of ether oxygens (including phenoxy) is 19. The predicted molar refractivity (Wildman–Crippen MR) is 434 cm³/mol. The van der Waals surface area contributed by atoms with Crippen molar-refractivity contribution in [1.29, 1.82) is 0 Å². The Morgan fingerprint density at radius 3 is 1.15 bits per heavy atom. The highest BCUT2D eigenvalue weighted by atomic mass is 16.8. The standard InChI is InChI=1S/C14H21NO4.C13H19NO3.C12H17NO2.C11H23NO2.2C9H19NO2.2C8H17NO2/c1-14(18-6-7-19-14)11(9-15)10-4-5-12(16-2)13(8-10)17-3;1-13(16-7-8-17-13)12(9-14)10-3-5-11(15-2)6-4-10;1-12(14-7-8-15-12)11(9-13)10-5-3-2-4-6-10;1-10(2,6-4-5-7-12)11(3)13-8-9-14-11;1-8(2,7-10)6-9(3)11-4-5-12-9;1-4-8(7(2)10)9(3)11-5-6-12-9;1-7(2,9)6-8(3)10-4-5-11-8;1-7(9)3-4-8(2)10-5-6-11-8/h4-5,8,11H,6-7,9,15H2,1-3H3;3-6,12H,7-9,14H2,1-2H3;2-6,11H,7-9,13H2,1H3;4-9,12H2,1-3H3;4-7,10H2,1-3H3;7-8H,4-6,10H2,1-3H3;4-6,9H2,1-3H3;7H,3-6,9H2,1-2H3. The Morgan fingerprint density at radius 1 is 0.423 bits per heavy atom. The van der Waals surface area contributed by atoms with E-state index >= 15 is 0 Å². The summed E-state index contributed by atoms with van der Waals surface area (Å²) in [5.74, 6) is -1.29. The van der Waals surface area contributed by atoms with Crippen LogP contribution in [-0.2, 0) is 75.8 Å². The number of methoxy groups -OCH3 is 3. The zero-order valence-electron chi connectivity index (χ0n) is 71.8. The second-order valence-electron chi connectivity index (χ2n) is 32.9. The summed E-state index contributed by atoms with van der Waals surface area (Å²) in [6.07, 6.45) is 7.76. The summed E-state index contributed by atoms with van der Waals surface area (Å²) in [4.78, 5) is 0. The zero-order valence-corrected chi connectivity index (χ0v) is 71.8. The van der Waals surface area contributed by atoms with Crippen LogP contribution in [0.1, 0.15) is 204 Å². The van der Waals surface area contributed by atoms with Gasteiger partial charge in [-0.25, -0.2) is 0 Å². The lowest BCUT2D eigenvalue weighted by atomic mass is 9.79. The van der Waals surface area contributed by atoms with Gasteiger partial charge in [0.1, 0.15) is 5.75 Å². The highest BCUT2D eigenvalue weighted by Crippen LogP contribution is 2.43. The molecule has 8 saturated heterocycles. The molecule has 0 aliphatic carbocycles. The average Bonchev–Trinajstić information content (AvgIpc) is 1.67. The van der Waals surface area contributed by atoms with Gasteiger partial charge in [0.25, 0.3) is 0 Å². The van der Waals surface area contributed by atoms with Gasteiger partial charge in [0, 0.05) is 79.7 Å². The Bertz CT molecular complexity index is 2950. The van der Waals surface area contributed by atoms with Crippen molar-refractivity contribution in [2.75, 3.05) is 160 Å². The summed E-state index contributed by atoms with van der Waals surface area (Å²) in [6.45, 7) is 48.2. The van der Waals surface area contributed by atoms with E-state index in [0.29, 0.717) is 123 Å². The van der Waals surface area contributed by atoms with E-state index < -0.39 is 40.5 Å². The molecule has 0 radical (unpaired) electrons. The SMILES string of the molecule is CC(C)(CCCCN)C1(C)OCCO1.CC(C)(CN)CC1(C)OCCO1.CC(C)(N)CC1(C)OCCO1.CC(N)CCC1(C)OCCO1.CC1(C(CN)c2ccccc2)OCCO1.CCC(C(C)N)C1(C)OCCO1.COc1ccc(C(CN)C2(C)OCCO2)cc1.COc1ccc(C(CN)C2(C)OCCO2)cc1OC. The summed E-state index contributed by atoms with van der Waals surface area (Å²) < 4.78 is 105. The van der Waals surface area contributed by atoms with Crippen molar-refractivity contribution in [2.24, 2.45) is 62.6 Å². The maximum absolute atomic E-state index is 5.90. The monoisotopic (exact) mass is 1580 g/mol. The van der Waals surface area contributed by atoms with Crippen molar-refractivity contribution >= 4 is 0 Å². The van der Waals surface area contributed by atoms with E-state index in [4.69, 9.17) is 136 Å². The van der Waals surface area contributed by atoms with Crippen LogP contribution in [0.2, 0.25) is 0 Å². The Hall–Kier alpha value is -3.90. The molecule has 16 N–H and O–H groups in total. The summed E-state index contributed by atoms with van der Waals surface area (Å²) in [5, 5.41) is 0. The Balaban J connectivity index is 0.000000270. The van der Waals surface area contributed by atoms with Crippen LogP contribution in [0.5, 0.6) is 17.2 Å². The Kier molecular flexibility index (Phi) is 42.0. The van der Waals surface area contributed by atoms with Crippen molar-refractivity contribution in [1.82, 2.24) is 0 Å². The number of rotatable bonds is 28. The fraction of sp³-hybridized carbons (Fsp3) is 0.786. The molecule has 0 spiro atoms. The van der Waals surface area contributed by atoms with Gasteiger partial charge in [-0.05, 0) is 168 Å². The van der Waals surface area contributed by atoms with Crippen LogP contribution in [0, 0.1) is 16.7 Å². The molecule has 6 unspecified atom stereocenters. The molecule has 27 heteroatoms. The number of hydrogen-bond donors (Lipinski definition) is 8. The molecule has 27 nitrogen and oxygen atoms in total. The highest BCUT2D eigenvalue weighted by molar-refractivity contribution is 5.44. The molecule has 111 heavy (non-hydrogen) atoms. The third-order valence-corrected chi connectivity index (χ3v) is 21.5. The Labute approximate surface area is 667 Å². The van der Waals surface area contributed by atoms with E-state index in [9.17, 15) is 0 Å². The molecule has 3 aromatic carbocycles. The van der Waals surface area contributed by atoms with Gasteiger partial charge in [-0.3, -0.25) is 0 Å². The molecule has 3 aromatic rings. The average molecular weight is 1580 g/mol. The van der Waals surface area contributed by atoms with Gasteiger partial charge in [-0.15, -0.1) is 0 Å². The second kappa shape index (κ2) is 46.9. The van der Waals surface area contributed by atoms with Crippen molar-refractivity contribution in [3.8, 4) is 17.2 Å². The van der Waals surface area contributed by atoms with Crippen LogP contribution >= 0.6 is 0 Å². The van der Waals surface area contributed by atoms with E-state index in [2.05, 4.69) is 46.8 Å². The van der Waals surface area contributed by atoms with Crippen LogP contribution in [0.15, 0.2) is 72.8 Å². The van der Waals surface area contributed by atoms with Gasteiger partial charge < -0.3 is 136 Å². The maximum atomic E-state index is 5.90. The zero-order chi connectivity index (χ0) is 82.9. The number of nitrogens with two attached hydrogens (primary N) is 8. The van der Waals surface area contributed by atoms with Gasteiger partial charge in [-0.1, -0.05) is 89.6 Å². The lowest BCUT2D eigenvalue weighted by molar-refractivity contribution is -0.216. The van der Waals surface area contributed by atoms with Gasteiger partial charge in [0.05, 0.1) is 133 Å². The first-order valence-corrected chi connectivity index (χ1v) is 40.2. The number of hydrogen-bond acceptors (Lipinski definition) is 27. The van der Waals surface area contributed by atoms with Crippen LogP contribution < -0.4 is 60.1 Å². The topological polar surface area (TPSA) is 384 Å². The van der Waals surface area contributed by atoms with Crippen LogP contribution in [0.3, 0.4) is 0 Å². The molecule has 0 amide bonds. The third-order valence-electron chi connectivity index (χ3n) is 21.5. The quantitative estimate of drug-likeness (QED) is 0.0313. The lowest BCUT2D eigenvalue weighted by Crippen LogP contribution is -2.44. The van der Waals surface area contributed by atoms with E-state index in [1.807, 2.05) is 144 Å². The first-order valence-electron chi connectivity index (χ1n) is 40.2. The van der Waals surface area contributed by atoms with Gasteiger partial charge in [0.15, 0.2) is 57.8 Å². The molecule has 6 atom stereocenters. The van der Waals surface area contributed by atoms with Crippen LogP contribution in [-0.4, -0.2) is 224 Å². The second-order valence-corrected chi connectivity index (χ2v) is 32.9. The molecule has 11 rings (SSSR count). The van der Waals surface area contributed by atoms with E-state index in [-0.39, 0.29) is 52.0 Å². The molecule has 0 saturated carbocycles. The molecule has 8 aliphatic heterocycles. The van der Waals surface area contributed by atoms with Crippen molar-refractivity contribution < 1.29 is 90.0 Å². The molecule has 8 fully saturated rings. The summed E-state index contributed by atoms with van der Waals surface area (Å²) in [6, 6.07) is 24.1. The molecule has 8 aliphatic rings. The van der Waals surface area contributed by atoms with Crippen molar-refractivity contribution in [2.45, 2.75) is 251 Å². The van der Waals surface area contributed by atoms with Gasteiger partial charge in [0.2, 0.25) is 0 Å². The van der Waals surface area contributed by atoms with Crippen LogP contribution in [0.25, 0.3) is 0 Å². The molecular formula is C84H152N8O19. The minimum absolute atomic E-state index is 0.0379. The molecule has 642 valence electrons. The van der Waals surface area contributed by atoms with E-state index in [1.165, 1.54) is 5.56 Å². The van der Waals surface area contributed by atoms with Gasteiger partial charge >= 0.3 is 0 Å². The predicted octanol–water partition coefficient (Wildman–Crippen LogP) is 10.4. The molecule has 8 heterocycles. The molecule has 0 bridgehead atoms.